The molecule has 5 heteroatoms. The Kier molecular flexibility index (Phi) is 6.52. The predicted molar refractivity (Wildman–Crippen MR) is 129 cm³/mol. The van der Waals surface area contributed by atoms with Gasteiger partial charge in [-0.25, -0.2) is 4.68 Å². The maximum absolute atomic E-state index is 4.94. The highest BCUT2D eigenvalue weighted by atomic mass is 32.1. The van der Waals surface area contributed by atoms with Crippen LogP contribution in [0, 0.1) is 0 Å². The van der Waals surface area contributed by atoms with Gasteiger partial charge in [0, 0.05) is 17.5 Å². The summed E-state index contributed by atoms with van der Waals surface area (Å²) in [6.45, 7) is 6.57. The number of thiazole rings is 1. The number of benzene rings is 2. The maximum atomic E-state index is 4.94. The number of nitrogens with zero attached hydrogens (tertiary/aromatic N) is 3. The Morgan fingerprint density at radius 1 is 0.967 bits per heavy atom. The molecule has 30 heavy (non-hydrogen) atoms. The summed E-state index contributed by atoms with van der Waals surface area (Å²) in [5.74, 6) is 0.0602. The molecule has 0 aliphatic carbocycles. The fraction of sp³-hybridized carbons (Fsp3) is 0.120. The van der Waals surface area contributed by atoms with Crippen LogP contribution < -0.4 is 4.80 Å². The molecule has 4 rings (SSSR count). The molecule has 150 valence electrons. The topological polar surface area (TPSA) is 29.6 Å². The molecular formula is C25H23N3S2. The fourth-order valence-corrected chi connectivity index (χ4v) is 4.77. The van der Waals surface area contributed by atoms with Crippen LogP contribution in [0.15, 0.2) is 106 Å². The predicted octanol–water partition coefficient (Wildman–Crippen LogP) is 6.42. The molecule has 0 spiro atoms. The molecule has 2 heterocycles. The van der Waals surface area contributed by atoms with Crippen LogP contribution in [0.25, 0.3) is 10.6 Å². The van der Waals surface area contributed by atoms with Crippen molar-refractivity contribution < 1.29 is 0 Å². The summed E-state index contributed by atoms with van der Waals surface area (Å²) in [7, 11) is 0. The van der Waals surface area contributed by atoms with Crippen molar-refractivity contribution in [3.05, 3.63) is 112 Å². The van der Waals surface area contributed by atoms with Gasteiger partial charge in [0.1, 0.15) is 0 Å². The molecule has 2 aromatic heterocycles. The summed E-state index contributed by atoms with van der Waals surface area (Å²) < 4.78 is 1.96. The van der Waals surface area contributed by atoms with E-state index in [1.54, 1.807) is 22.7 Å². The second-order valence-corrected chi connectivity index (χ2v) is 8.81. The first-order valence-electron chi connectivity index (χ1n) is 9.76. The molecule has 0 atom stereocenters. The normalized spacial score (nSPS) is 12.1. The molecule has 0 aliphatic heterocycles. The smallest absolute Gasteiger partial charge is 0.206 e. The van der Waals surface area contributed by atoms with Crippen LogP contribution in [0.4, 0.5) is 0 Å². The lowest BCUT2D eigenvalue weighted by molar-refractivity contribution is 0.829. The largest absolute Gasteiger partial charge is 0.253 e. The van der Waals surface area contributed by atoms with Crippen molar-refractivity contribution >= 4 is 28.9 Å². The number of thiophene rings is 1. The first-order valence-corrected chi connectivity index (χ1v) is 11.5. The number of hydrogen-bond donors (Lipinski definition) is 0. The first kappa shape index (κ1) is 20.3. The quantitative estimate of drug-likeness (QED) is 0.240. The monoisotopic (exact) mass is 429 g/mol. The van der Waals surface area contributed by atoms with E-state index >= 15 is 0 Å². The van der Waals surface area contributed by atoms with Crippen molar-refractivity contribution in [1.29, 1.82) is 0 Å². The summed E-state index contributed by atoms with van der Waals surface area (Å²) in [6, 6.07) is 25.1. The van der Waals surface area contributed by atoms with E-state index < -0.39 is 0 Å². The SMILES string of the molecule is C=C(C)CN=c1scc(-c2cccs2)n1N=CC(c1ccccc1)c1ccccc1. The summed E-state index contributed by atoms with van der Waals surface area (Å²) in [4.78, 5) is 6.78. The zero-order valence-corrected chi connectivity index (χ0v) is 18.4. The van der Waals surface area contributed by atoms with Gasteiger partial charge in [-0.3, -0.25) is 4.99 Å². The molecule has 0 radical (unpaired) electrons. The lowest BCUT2D eigenvalue weighted by Gasteiger charge is -2.13. The molecule has 0 amide bonds. The zero-order chi connectivity index (χ0) is 20.8. The van der Waals surface area contributed by atoms with Gasteiger partial charge in [-0.15, -0.1) is 22.7 Å². The molecule has 0 bridgehead atoms. The molecule has 0 saturated carbocycles. The Hall–Kier alpha value is -3.02. The van der Waals surface area contributed by atoms with Gasteiger partial charge < -0.3 is 0 Å². The van der Waals surface area contributed by atoms with Gasteiger partial charge in [0.15, 0.2) is 0 Å². The lowest BCUT2D eigenvalue weighted by Crippen LogP contribution is -2.14. The molecule has 0 fully saturated rings. The average Bonchev–Trinajstić information content (AvgIpc) is 3.44. The van der Waals surface area contributed by atoms with Crippen LogP contribution in [0.2, 0.25) is 0 Å². The second kappa shape index (κ2) is 9.65. The Labute approximate surface area is 185 Å². The first-order chi connectivity index (χ1) is 14.7. The van der Waals surface area contributed by atoms with Gasteiger partial charge in [-0.1, -0.05) is 78.9 Å². The van der Waals surface area contributed by atoms with Gasteiger partial charge >= 0.3 is 0 Å². The minimum Gasteiger partial charge on any atom is -0.253 e. The maximum Gasteiger partial charge on any atom is 0.206 e. The number of hydrogen-bond acceptors (Lipinski definition) is 4. The van der Waals surface area contributed by atoms with E-state index in [9.17, 15) is 0 Å². The average molecular weight is 430 g/mol. The molecular weight excluding hydrogens is 406 g/mol. The lowest BCUT2D eigenvalue weighted by atomic mass is 9.92. The molecule has 4 aromatic rings. The zero-order valence-electron chi connectivity index (χ0n) is 16.8. The van der Waals surface area contributed by atoms with Gasteiger partial charge in [-0.05, 0) is 29.5 Å². The van der Waals surface area contributed by atoms with Crippen LogP contribution in [0.3, 0.4) is 0 Å². The molecule has 3 nitrogen and oxygen atoms in total. The van der Waals surface area contributed by atoms with Crippen molar-refractivity contribution in [2.45, 2.75) is 12.8 Å². The van der Waals surface area contributed by atoms with Crippen LogP contribution in [0.1, 0.15) is 24.0 Å². The highest BCUT2D eigenvalue weighted by Gasteiger charge is 2.13. The summed E-state index contributed by atoms with van der Waals surface area (Å²) >= 11 is 3.32. The van der Waals surface area contributed by atoms with Gasteiger partial charge in [0.25, 0.3) is 0 Å². The van der Waals surface area contributed by atoms with E-state index in [-0.39, 0.29) is 5.92 Å². The Bertz CT molecular complexity index is 1140. The van der Waals surface area contributed by atoms with E-state index in [1.165, 1.54) is 16.0 Å². The minimum atomic E-state index is 0.0602. The van der Waals surface area contributed by atoms with Crippen molar-refractivity contribution in [3.63, 3.8) is 0 Å². The van der Waals surface area contributed by atoms with Crippen molar-refractivity contribution in [2.75, 3.05) is 6.54 Å². The molecule has 0 aliphatic rings. The molecule has 0 N–H and O–H groups in total. The van der Waals surface area contributed by atoms with Crippen LogP contribution >= 0.6 is 22.7 Å². The summed E-state index contributed by atoms with van der Waals surface area (Å²) in [5, 5.41) is 9.15. The van der Waals surface area contributed by atoms with Crippen LogP contribution in [-0.4, -0.2) is 17.4 Å². The molecule has 2 aromatic carbocycles. The third-order valence-electron chi connectivity index (χ3n) is 4.59. The van der Waals surface area contributed by atoms with Crippen LogP contribution in [-0.2, 0) is 0 Å². The highest BCUT2D eigenvalue weighted by molar-refractivity contribution is 7.14. The molecule has 0 saturated heterocycles. The Balaban J connectivity index is 1.80. The van der Waals surface area contributed by atoms with Gasteiger partial charge in [0.05, 0.1) is 17.1 Å². The van der Waals surface area contributed by atoms with Crippen molar-refractivity contribution in [1.82, 2.24) is 4.68 Å². The third-order valence-corrected chi connectivity index (χ3v) is 6.34. The molecule has 0 unspecified atom stereocenters. The standard InChI is InChI=1S/C25H23N3S2/c1-19(2)16-26-25-28(23(18-30-25)24-14-9-15-29-24)27-17-22(20-10-5-3-6-11-20)21-12-7-4-8-13-21/h3-15,17-18,22H,1,16H2,2H3. The van der Waals surface area contributed by atoms with Gasteiger partial charge in [-0.2, -0.15) is 5.10 Å². The Morgan fingerprint density at radius 2 is 1.63 bits per heavy atom. The van der Waals surface area contributed by atoms with E-state index in [0.29, 0.717) is 6.54 Å². The summed E-state index contributed by atoms with van der Waals surface area (Å²) in [5.41, 5.74) is 4.51. The second-order valence-electron chi connectivity index (χ2n) is 7.03. The minimum absolute atomic E-state index is 0.0602. The third kappa shape index (κ3) is 4.75. The highest BCUT2D eigenvalue weighted by Crippen LogP contribution is 2.26. The van der Waals surface area contributed by atoms with E-state index in [0.717, 1.165) is 16.1 Å². The fourth-order valence-electron chi connectivity index (χ4n) is 3.14. The number of aromatic nitrogens is 1. The van der Waals surface area contributed by atoms with E-state index in [2.05, 4.69) is 78.0 Å². The van der Waals surface area contributed by atoms with E-state index in [1.807, 2.05) is 29.9 Å². The number of rotatable bonds is 7. The Morgan fingerprint density at radius 3 is 2.20 bits per heavy atom. The van der Waals surface area contributed by atoms with E-state index in [4.69, 9.17) is 10.1 Å². The van der Waals surface area contributed by atoms with Crippen LogP contribution in [0.5, 0.6) is 0 Å². The van der Waals surface area contributed by atoms with Gasteiger partial charge in [0.2, 0.25) is 4.80 Å². The summed E-state index contributed by atoms with van der Waals surface area (Å²) in [6.07, 6.45) is 2.02. The van der Waals surface area contributed by atoms with Crippen molar-refractivity contribution in [3.8, 4) is 10.6 Å². The van der Waals surface area contributed by atoms with Crippen molar-refractivity contribution in [2.24, 2.45) is 10.1 Å².